The fourth-order valence-corrected chi connectivity index (χ4v) is 2.98. The summed E-state index contributed by atoms with van der Waals surface area (Å²) in [6.07, 6.45) is 1.14. The molecule has 1 fully saturated rings. The summed E-state index contributed by atoms with van der Waals surface area (Å²) >= 11 is 0. The summed E-state index contributed by atoms with van der Waals surface area (Å²) in [4.78, 5) is 0. The Morgan fingerprint density at radius 3 is 2.59 bits per heavy atom. The lowest BCUT2D eigenvalue weighted by atomic mass is 9.88. The molecule has 2 heterocycles. The Kier molecular flexibility index (Phi) is 1.76. The maximum absolute atomic E-state index is 3.55. The average Bonchev–Trinajstić information content (AvgIpc) is 3.16. The zero-order valence-corrected chi connectivity index (χ0v) is 9.56. The first-order valence-electron chi connectivity index (χ1n) is 6.11. The van der Waals surface area contributed by atoms with Crippen molar-refractivity contribution in [2.45, 2.75) is 12.1 Å². The summed E-state index contributed by atoms with van der Waals surface area (Å²) in [7, 11) is 0. The second-order valence-electron chi connectivity index (χ2n) is 4.75. The quantitative estimate of drug-likeness (QED) is 0.749. The van der Waals surface area contributed by atoms with E-state index in [4.69, 9.17) is 0 Å². The van der Waals surface area contributed by atoms with Crippen LogP contribution in [0.3, 0.4) is 0 Å². The van der Waals surface area contributed by atoms with Crippen molar-refractivity contribution in [1.29, 1.82) is 0 Å². The fourth-order valence-electron chi connectivity index (χ4n) is 2.98. The SMILES string of the molecule is c1ccc(C23NN2CCc2ccccc23)cc1. The van der Waals surface area contributed by atoms with Gasteiger partial charge in [-0.1, -0.05) is 54.6 Å². The molecule has 2 aromatic carbocycles. The molecule has 0 bridgehead atoms. The van der Waals surface area contributed by atoms with E-state index in [1.165, 1.54) is 16.7 Å². The van der Waals surface area contributed by atoms with Crippen LogP contribution in [0.25, 0.3) is 0 Å². The molecule has 0 aliphatic carbocycles. The van der Waals surface area contributed by atoms with Gasteiger partial charge in [-0.15, -0.1) is 0 Å². The largest absolute Gasteiger partial charge is 0.223 e. The predicted molar refractivity (Wildman–Crippen MR) is 67.2 cm³/mol. The van der Waals surface area contributed by atoms with Gasteiger partial charge >= 0.3 is 0 Å². The van der Waals surface area contributed by atoms with Crippen molar-refractivity contribution in [3.63, 3.8) is 0 Å². The number of nitrogens with one attached hydrogen (secondary N) is 1. The van der Waals surface area contributed by atoms with Crippen LogP contribution in [0.5, 0.6) is 0 Å². The fraction of sp³-hybridized carbons (Fsp3) is 0.200. The number of hydrogen-bond donors (Lipinski definition) is 1. The highest BCUT2D eigenvalue weighted by Gasteiger charge is 2.56. The van der Waals surface area contributed by atoms with Gasteiger partial charge in [0, 0.05) is 6.54 Å². The molecule has 1 saturated heterocycles. The number of rotatable bonds is 1. The van der Waals surface area contributed by atoms with E-state index in [9.17, 15) is 0 Å². The summed E-state index contributed by atoms with van der Waals surface area (Å²) in [6.45, 7) is 1.09. The zero-order valence-electron chi connectivity index (χ0n) is 9.56. The maximum atomic E-state index is 3.55. The van der Waals surface area contributed by atoms with Crippen LogP contribution in [-0.2, 0) is 12.1 Å². The monoisotopic (exact) mass is 222 g/mol. The average molecular weight is 222 g/mol. The number of hydrazine groups is 1. The van der Waals surface area contributed by atoms with Crippen LogP contribution in [0, 0.1) is 0 Å². The second kappa shape index (κ2) is 3.19. The first kappa shape index (κ1) is 9.40. The van der Waals surface area contributed by atoms with E-state index in [0.717, 1.165) is 13.0 Å². The molecule has 0 aromatic heterocycles. The number of fused-ring (bicyclic) bond motifs is 3. The lowest BCUT2D eigenvalue weighted by Gasteiger charge is -2.23. The lowest BCUT2D eigenvalue weighted by molar-refractivity contribution is 0.422. The minimum Gasteiger partial charge on any atom is -0.223 e. The predicted octanol–water partition coefficient (Wildman–Crippen LogP) is 2.26. The third-order valence-electron chi connectivity index (χ3n) is 3.86. The third kappa shape index (κ3) is 1.17. The van der Waals surface area contributed by atoms with E-state index in [1.54, 1.807) is 0 Å². The van der Waals surface area contributed by atoms with Crippen molar-refractivity contribution in [3.05, 3.63) is 71.3 Å². The van der Waals surface area contributed by atoms with Crippen molar-refractivity contribution in [2.75, 3.05) is 6.54 Å². The Morgan fingerprint density at radius 1 is 0.941 bits per heavy atom. The Labute approximate surface area is 101 Å². The Balaban J connectivity index is 1.92. The van der Waals surface area contributed by atoms with E-state index in [1.807, 2.05) is 0 Å². The summed E-state index contributed by atoms with van der Waals surface area (Å²) in [5.41, 5.74) is 7.73. The molecule has 0 amide bonds. The maximum Gasteiger partial charge on any atom is 0.149 e. The second-order valence-corrected chi connectivity index (χ2v) is 4.75. The molecule has 1 N–H and O–H groups in total. The van der Waals surface area contributed by atoms with Crippen LogP contribution < -0.4 is 5.43 Å². The first-order chi connectivity index (χ1) is 8.41. The normalized spacial score (nSPS) is 29.3. The highest BCUT2D eigenvalue weighted by Crippen LogP contribution is 2.46. The van der Waals surface area contributed by atoms with E-state index < -0.39 is 0 Å². The van der Waals surface area contributed by atoms with Gasteiger partial charge in [0.1, 0.15) is 5.66 Å². The lowest BCUT2D eigenvalue weighted by Crippen LogP contribution is -2.26. The van der Waals surface area contributed by atoms with Gasteiger partial charge in [0.2, 0.25) is 0 Å². The Hall–Kier alpha value is -1.64. The van der Waals surface area contributed by atoms with Crippen LogP contribution in [0.1, 0.15) is 16.7 Å². The van der Waals surface area contributed by atoms with Crippen LogP contribution in [0.4, 0.5) is 0 Å². The van der Waals surface area contributed by atoms with Crippen molar-refractivity contribution >= 4 is 0 Å². The molecule has 2 heteroatoms. The Morgan fingerprint density at radius 2 is 1.71 bits per heavy atom. The molecule has 0 saturated carbocycles. The van der Waals surface area contributed by atoms with Gasteiger partial charge < -0.3 is 0 Å². The highest BCUT2D eigenvalue weighted by atomic mass is 15.8. The van der Waals surface area contributed by atoms with Crippen molar-refractivity contribution in [3.8, 4) is 0 Å². The number of nitrogens with zero attached hydrogens (tertiary/aromatic N) is 1. The van der Waals surface area contributed by atoms with Crippen molar-refractivity contribution in [2.24, 2.45) is 0 Å². The molecule has 2 aliphatic heterocycles. The molecule has 2 aromatic rings. The van der Waals surface area contributed by atoms with Gasteiger partial charge in [-0.05, 0) is 23.1 Å². The molecule has 4 rings (SSSR count). The summed E-state index contributed by atoms with van der Waals surface area (Å²) in [5.74, 6) is 0. The van der Waals surface area contributed by atoms with E-state index in [-0.39, 0.29) is 5.66 Å². The van der Waals surface area contributed by atoms with Gasteiger partial charge in [-0.2, -0.15) is 0 Å². The standard InChI is InChI=1S/C15H14N2/c1-2-7-13(8-3-1)15-14-9-5-4-6-12(14)10-11-17(15)16-15/h1-9,16H,10-11H2. The van der Waals surface area contributed by atoms with Crippen molar-refractivity contribution in [1.82, 2.24) is 10.4 Å². The minimum absolute atomic E-state index is 0.0455. The number of benzene rings is 2. The van der Waals surface area contributed by atoms with Crippen molar-refractivity contribution < 1.29 is 0 Å². The smallest absolute Gasteiger partial charge is 0.149 e. The van der Waals surface area contributed by atoms with Gasteiger partial charge in [0.25, 0.3) is 0 Å². The van der Waals surface area contributed by atoms with E-state index in [0.29, 0.717) is 0 Å². The highest BCUT2D eigenvalue weighted by molar-refractivity contribution is 5.48. The van der Waals surface area contributed by atoms with Crippen LogP contribution >= 0.6 is 0 Å². The third-order valence-corrected chi connectivity index (χ3v) is 3.86. The van der Waals surface area contributed by atoms with E-state index in [2.05, 4.69) is 65.0 Å². The summed E-state index contributed by atoms with van der Waals surface area (Å²) < 4.78 is 0. The molecule has 2 atom stereocenters. The molecular formula is C15H14N2. The minimum atomic E-state index is -0.0455. The Bertz CT molecular complexity index is 564. The van der Waals surface area contributed by atoms with Gasteiger partial charge in [-0.25, -0.2) is 10.4 Å². The van der Waals surface area contributed by atoms with Crippen LogP contribution in [0.15, 0.2) is 54.6 Å². The molecule has 2 nitrogen and oxygen atoms in total. The number of hydrogen-bond acceptors (Lipinski definition) is 2. The summed E-state index contributed by atoms with van der Waals surface area (Å²) in [5, 5.41) is 2.34. The molecule has 0 radical (unpaired) electrons. The van der Waals surface area contributed by atoms with Gasteiger partial charge in [0.15, 0.2) is 0 Å². The van der Waals surface area contributed by atoms with Crippen LogP contribution in [0.2, 0.25) is 0 Å². The first-order valence-corrected chi connectivity index (χ1v) is 6.11. The zero-order chi connectivity index (χ0) is 11.3. The molecule has 17 heavy (non-hydrogen) atoms. The van der Waals surface area contributed by atoms with Gasteiger partial charge in [0.05, 0.1) is 0 Å². The van der Waals surface area contributed by atoms with Crippen LogP contribution in [-0.4, -0.2) is 11.6 Å². The molecule has 2 aliphatic rings. The van der Waals surface area contributed by atoms with Gasteiger partial charge in [-0.3, -0.25) is 0 Å². The summed E-state index contributed by atoms with van der Waals surface area (Å²) in [6, 6.07) is 19.5. The topological polar surface area (TPSA) is 25.0 Å². The molecule has 84 valence electrons. The molecule has 2 unspecified atom stereocenters. The van der Waals surface area contributed by atoms with E-state index >= 15 is 0 Å². The molecule has 0 spiro atoms. The molecular weight excluding hydrogens is 208 g/mol.